The minimum atomic E-state index is -1.19. The molecule has 0 unspecified atom stereocenters. The van der Waals surface area contributed by atoms with Crippen LogP contribution in [0.25, 0.3) is 0 Å². The number of hydrogen-bond donors (Lipinski definition) is 1. The van der Waals surface area contributed by atoms with Gasteiger partial charge in [-0.1, -0.05) is 24.3 Å². The van der Waals surface area contributed by atoms with Gasteiger partial charge in [-0.3, -0.25) is 5.43 Å². The largest absolute Gasteiger partial charge is 0.545 e. The molecule has 86 valence electrons. The first kappa shape index (κ1) is 11.3. The number of carboxylic acids is 1. The molecule has 0 aliphatic heterocycles. The number of thiazole rings is 1. The van der Waals surface area contributed by atoms with E-state index in [0.717, 1.165) is 5.56 Å². The van der Waals surface area contributed by atoms with E-state index < -0.39 is 5.97 Å². The van der Waals surface area contributed by atoms with Crippen molar-refractivity contribution in [3.8, 4) is 0 Å². The number of hydrogen-bond acceptors (Lipinski definition) is 6. The second-order valence-corrected chi connectivity index (χ2v) is 4.01. The highest BCUT2D eigenvalue weighted by Gasteiger charge is 1.93. The molecule has 2 aromatic rings. The van der Waals surface area contributed by atoms with Gasteiger partial charge in [0, 0.05) is 11.6 Å². The molecule has 2 rings (SSSR count). The van der Waals surface area contributed by atoms with E-state index in [4.69, 9.17) is 0 Å². The third kappa shape index (κ3) is 3.12. The first-order valence-electron chi connectivity index (χ1n) is 4.76. The summed E-state index contributed by atoms with van der Waals surface area (Å²) in [6, 6.07) is 6.25. The zero-order valence-corrected chi connectivity index (χ0v) is 9.48. The van der Waals surface area contributed by atoms with Crippen LogP contribution < -0.4 is 10.5 Å². The smallest absolute Gasteiger partial charge is 0.203 e. The van der Waals surface area contributed by atoms with Crippen LogP contribution in [0.15, 0.2) is 40.9 Å². The Morgan fingerprint density at radius 3 is 2.76 bits per heavy atom. The average Bonchev–Trinajstić information content (AvgIpc) is 2.83. The lowest BCUT2D eigenvalue weighted by Crippen LogP contribution is -2.21. The number of carbonyl (C=O) groups is 1. The topological polar surface area (TPSA) is 77.4 Å². The van der Waals surface area contributed by atoms with Crippen LogP contribution >= 0.6 is 11.3 Å². The molecular weight excluding hydrogens is 238 g/mol. The fourth-order valence-corrected chi connectivity index (χ4v) is 1.62. The molecule has 1 N–H and O–H groups in total. The molecule has 0 aliphatic rings. The fourth-order valence-electron chi connectivity index (χ4n) is 1.15. The second kappa shape index (κ2) is 5.22. The van der Waals surface area contributed by atoms with Crippen molar-refractivity contribution in [1.29, 1.82) is 0 Å². The molecule has 0 spiro atoms. The summed E-state index contributed by atoms with van der Waals surface area (Å²) in [4.78, 5) is 14.5. The standard InChI is InChI=1S/C11H9N3O2S/c15-10(16)9-3-1-8(2-4-9)7-13-14-11-12-5-6-17-11/h1-7H,(H,12,14)(H,15,16)/p-1/b13-7-. The van der Waals surface area contributed by atoms with Crippen LogP contribution in [-0.4, -0.2) is 17.2 Å². The van der Waals surface area contributed by atoms with Crippen molar-refractivity contribution < 1.29 is 9.90 Å². The van der Waals surface area contributed by atoms with Crippen LogP contribution in [0.1, 0.15) is 15.9 Å². The van der Waals surface area contributed by atoms with Crippen molar-refractivity contribution in [2.45, 2.75) is 0 Å². The quantitative estimate of drug-likeness (QED) is 0.643. The summed E-state index contributed by atoms with van der Waals surface area (Å²) >= 11 is 1.44. The molecular formula is C11H8N3O2S-. The fraction of sp³-hybridized carbons (Fsp3) is 0. The number of carbonyl (C=O) groups excluding carboxylic acids is 1. The van der Waals surface area contributed by atoms with Gasteiger partial charge in [0.05, 0.1) is 12.2 Å². The highest BCUT2D eigenvalue weighted by molar-refractivity contribution is 7.13. The third-order valence-electron chi connectivity index (χ3n) is 1.95. The lowest BCUT2D eigenvalue weighted by atomic mass is 10.1. The van der Waals surface area contributed by atoms with Crippen molar-refractivity contribution in [2.75, 3.05) is 5.43 Å². The SMILES string of the molecule is O=C([O-])c1ccc(/C=N\Nc2nccs2)cc1. The summed E-state index contributed by atoms with van der Waals surface area (Å²) in [5.41, 5.74) is 3.70. The summed E-state index contributed by atoms with van der Waals surface area (Å²) < 4.78 is 0. The number of nitrogens with zero attached hydrogens (tertiary/aromatic N) is 2. The summed E-state index contributed by atoms with van der Waals surface area (Å²) in [7, 11) is 0. The zero-order chi connectivity index (χ0) is 12.1. The van der Waals surface area contributed by atoms with Crippen molar-refractivity contribution in [3.63, 3.8) is 0 Å². The first-order chi connectivity index (χ1) is 8.25. The number of benzene rings is 1. The molecule has 0 saturated heterocycles. The summed E-state index contributed by atoms with van der Waals surface area (Å²) in [5, 5.41) is 17.0. The molecule has 1 heterocycles. The van der Waals surface area contributed by atoms with Gasteiger partial charge in [-0.05, 0) is 11.1 Å². The van der Waals surface area contributed by atoms with E-state index in [9.17, 15) is 9.90 Å². The van der Waals surface area contributed by atoms with Crippen LogP contribution in [0.3, 0.4) is 0 Å². The van der Waals surface area contributed by atoms with Gasteiger partial charge in [-0.2, -0.15) is 5.10 Å². The van der Waals surface area contributed by atoms with E-state index in [1.807, 2.05) is 5.38 Å². The number of hydrazone groups is 1. The molecule has 1 aromatic carbocycles. The Kier molecular flexibility index (Phi) is 3.46. The average molecular weight is 246 g/mol. The number of aromatic carboxylic acids is 1. The van der Waals surface area contributed by atoms with Gasteiger partial charge in [-0.25, -0.2) is 4.98 Å². The highest BCUT2D eigenvalue weighted by atomic mass is 32.1. The number of carboxylic acid groups (broad SMARTS) is 1. The highest BCUT2D eigenvalue weighted by Crippen LogP contribution is 2.09. The normalized spacial score (nSPS) is 10.6. The zero-order valence-electron chi connectivity index (χ0n) is 8.66. The Morgan fingerprint density at radius 1 is 1.41 bits per heavy atom. The molecule has 0 radical (unpaired) electrons. The lowest BCUT2D eigenvalue weighted by Gasteiger charge is -2.01. The number of aromatic nitrogens is 1. The maximum absolute atomic E-state index is 10.5. The van der Waals surface area contributed by atoms with Crippen molar-refractivity contribution in [2.24, 2.45) is 5.10 Å². The number of nitrogens with one attached hydrogen (secondary N) is 1. The van der Waals surface area contributed by atoms with Crippen molar-refractivity contribution >= 4 is 28.7 Å². The molecule has 5 nitrogen and oxygen atoms in total. The Bertz CT molecular complexity index is 520. The number of rotatable bonds is 4. The Morgan fingerprint density at radius 2 is 2.18 bits per heavy atom. The molecule has 0 fully saturated rings. The minimum absolute atomic E-state index is 0.148. The van der Waals surface area contributed by atoms with Crippen LogP contribution in [-0.2, 0) is 0 Å². The molecule has 1 aromatic heterocycles. The van der Waals surface area contributed by atoms with Gasteiger partial charge in [0.1, 0.15) is 0 Å². The van der Waals surface area contributed by atoms with E-state index in [1.54, 1.807) is 24.5 Å². The Balaban J connectivity index is 1.99. The Hall–Kier alpha value is -2.21. The maximum atomic E-state index is 10.5. The molecule has 0 saturated carbocycles. The molecule has 6 heteroatoms. The second-order valence-electron chi connectivity index (χ2n) is 3.12. The predicted molar refractivity (Wildman–Crippen MR) is 64.1 cm³/mol. The third-order valence-corrected chi connectivity index (χ3v) is 2.63. The monoisotopic (exact) mass is 246 g/mol. The molecule has 0 bridgehead atoms. The maximum Gasteiger partial charge on any atom is 0.203 e. The summed E-state index contributed by atoms with van der Waals surface area (Å²) in [5.74, 6) is -1.19. The summed E-state index contributed by atoms with van der Waals surface area (Å²) in [6.07, 6.45) is 3.26. The molecule has 0 aliphatic carbocycles. The van der Waals surface area contributed by atoms with Gasteiger partial charge in [0.15, 0.2) is 0 Å². The van der Waals surface area contributed by atoms with Gasteiger partial charge < -0.3 is 9.90 Å². The van der Waals surface area contributed by atoms with E-state index in [2.05, 4.69) is 15.5 Å². The van der Waals surface area contributed by atoms with Crippen LogP contribution in [0, 0.1) is 0 Å². The van der Waals surface area contributed by atoms with E-state index in [-0.39, 0.29) is 5.56 Å². The van der Waals surface area contributed by atoms with Crippen molar-refractivity contribution in [3.05, 3.63) is 47.0 Å². The number of anilines is 1. The summed E-state index contributed by atoms with van der Waals surface area (Å²) in [6.45, 7) is 0. The predicted octanol–water partition coefficient (Wildman–Crippen LogP) is 0.953. The lowest BCUT2D eigenvalue weighted by molar-refractivity contribution is -0.255. The molecule has 0 amide bonds. The van der Waals surface area contributed by atoms with Gasteiger partial charge >= 0.3 is 0 Å². The first-order valence-corrected chi connectivity index (χ1v) is 5.63. The van der Waals surface area contributed by atoms with Gasteiger partial charge in [0.25, 0.3) is 0 Å². The van der Waals surface area contributed by atoms with E-state index in [0.29, 0.717) is 5.13 Å². The van der Waals surface area contributed by atoms with Crippen LogP contribution in [0.2, 0.25) is 0 Å². The minimum Gasteiger partial charge on any atom is -0.545 e. The Labute approximate surface area is 101 Å². The van der Waals surface area contributed by atoms with Crippen LogP contribution in [0.4, 0.5) is 5.13 Å². The van der Waals surface area contributed by atoms with Crippen LogP contribution in [0.5, 0.6) is 0 Å². The van der Waals surface area contributed by atoms with Gasteiger partial charge in [0.2, 0.25) is 5.13 Å². The van der Waals surface area contributed by atoms with E-state index in [1.165, 1.54) is 23.5 Å². The van der Waals surface area contributed by atoms with Gasteiger partial charge in [-0.15, -0.1) is 11.3 Å². The van der Waals surface area contributed by atoms with Crippen molar-refractivity contribution in [1.82, 2.24) is 4.98 Å². The van der Waals surface area contributed by atoms with E-state index >= 15 is 0 Å². The molecule has 0 atom stereocenters. The molecule has 17 heavy (non-hydrogen) atoms.